The first-order chi connectivity index (χ1) is 11.7. The van der Waals surface area contributed by atoms with E-state index in [1.807, 2.05) is 9.80 Å². The van der Waals surface area contributed by atoms with Gasteiger partial charge >= 0.3 is 6.03 Å². The zero-order chi connectivity index (χ0) is 16.9. The molecule has 2 aliphatic heterocycles. The Hall–Kier alpha value is -2.09. The Balaban J connectivity index is 1.56. The number of methoxy groups -OCH3 is 1. The molecule has 1 aromatic heterocycles. The molecular weight excluding hydrogens is 310 g/mol. The second kappa shape index (κ2) is 7.65. The minimum Gasteiger partial charge on any atom is -0.480 e. The van der Waals surface area contributed by atoms with Crippen LogP contribution >= 0.6 is 0 Å². The van der Waals surface area contributed by atoms with Crippen molar-refractivity contribution in [2.45, 2.75) is 18.9 Å². The summed E-state index contributed by atoms with van der Waals surface area (Å²) in [5, 5.41) is 0. The molecule has 3 heterocycles. The summed E-state index contributed by atoms with van der Waals surface area (Å²) in [4.78, 5) is 27.0. The number of aromatic nitrogens is 2. The fourth-order valence-electron chi connectivity index (χ4n) is 3.06. The number of piperidine rings is 1. The van der Waals surface area contributed by atoms with Crippen molar-refractivity contribution in [3.8, 4) is 11.8 Å². The van der Waals surface area contributed by atoms with E-state index in [1.54, 1.807) is 13.3 Å². The van der Waals surface area contributed by atoms with Crippen LogP contribution in [0.4, 0.5) is 4.79 Å². The molecule has 0 aromatic carbocycles. The van der Waals surface area contributed by atoms with Crippen molar-refractivity contribution in [2.75, 3.05) is 53.4 Å². The number of nitrogens with zero attached hydrogens (tertiary/aromatic N) is 5. The number of carbonyl (C=O) groups excluding carboxylic acids is 1. The van der Waals surface area contributed by atoms with E-state index in [0.29, 0.717) is 18.3 Å². The van der Waals surface area contributed by atoms with Gasteiger partial charge in [-0.15, -0.1) is 0 Å². The Bertz CT molecular complexity index is 562. The monoisotopic (exact) mass is 335 g/mol. The van der Waals surface area contributed by atoms with Crippen LogP contribution in [0, 0.1) is 0 Å². The van der Waals surface area contributed by atoms with Gasteiger partial charge in [-0.2, -0.15) is 4.98 Å². The SMILES string of the molecule is COc1cncc(O[C@H]2CCCN(C(=O)N3CCN(C)CC3)C2)n1. The molecule has 2 amide bonds. The Labute approximate surface area is 142 Å². The van der Waals surface area contributed by atoms with Crippen LogP contribution < -0.4 is 9.47 Å². The summed E-state index contributed by atoms with van der Waals surface area (Å²) in [6.45, 7) is 4.81. The summed E-state index contributed by atoms with van der Waals surface area (Å²) in [5.74, 6) is 0.863. The minimum atomic E-state index is -0.0587. The molecule has 0 saturated carbocycles. The molecular formula is C16H25N5O3. The lowest BCUT2D eigenvalue weighted by atomic mass is 10.1. The Morgan fingerprint density at radius 3 is 2.62 bits per heavy atom. The zero-order valence-electron chi connectivity index (χ0n) is 14.3. The van der Waals surface area contributed by atoms with Crippen LogP contribution in [0.3, 0.4) is 0 Å². The smallest absolute Gasteiger partial charge is 0.320 e. The highest BCUT2D eigenvalue weighted by Crippen LogP contribution is 2.19. The molecule has 0 aliphatic carbocycles. The van der Waals surface area contributed by atoms with Gasteiger partial charge in [0, 0.05) is 32.7 Å². The number of ether oxygens (including phenoxy) is 2. The summed E-state index contributed by atoms with van der Waals surface area (Å²) in [7, 11) is 3.63. The van der Waals surface area contributed by atoms with E-state index in [-0.39, 0.29) is 12.1 Å². The average molecular weight is 335 g/mol. The molecule has 0 bridgehead atoms. The molecule has 0 radical (unpaired) electrons. The van der Waals surface area contributed by atoms with Gasteiger partial charge in [0.25, 0.3) is 0 Å². The quantitative estimate of drug-likeness (QED) is 0.810. The third-order valence-electron chi connectivity index (χ3n) is 4.51. The van der Waals surface area contributed by atoms with Gasteiger partial charge in [0.2, 0.25) is 11.8 Å². The topological polar surface area (TPSA) is 71.0 Å². The summed E-state index contributed by atoms with van der Waals surface area (Å²) >= 11 is 0. The molecule has 0 spiro atoms. The van der Waals surface area contributed by atoms with Crippen molar-refractivity contribution in [1.29, 1.82) is 0 Å². The molecule has 1 atom stereocenters. The van der Waals surface area contributed by atoms with Crippen molar-refractivity contribution in [2.24, 2.45) is 0 Å². The summed E-state index contributed by atoms with van der Waals surface area (Å²) in [6, 6.07) is 0.119. The lowest BCUT2D eigenvalue weighted by Gasteiger charge is -2.39. The Morgan fingerprint density at radius 2 is 1.88 bits per heavy atom. The normalized spacial score (nSPS) is 22.3. The van der Waals surface area contributed by atoms with E-state index in [0.717, 1.165) is 45.6 Å². The fraction of sp³-hybridized carbons (Fsp3) is 0.688. The molecule has 24 heavy (non-hydrogen) atoms. The largest absolute Gasteiger partial charge is 0.480 e. The van der Waals surface area contributed by atoms with Crippen molar-refractivity contribution in [3.05, 3.63) is 12.4 Å². The molecule has 0 N–H and O–H groups in total. The van der Waals surface area contributed by atoms with E-state index in [2.05, 4.69) is 21.9 Å². The minimum absolute atomic E-state index is 0.0587. The highest BCUT2D eigenvalue weighted by molar-refractivity contribution is 5.74. The number of likely N-dealkylation sites (tertiary alicyclic amines) is 1. The molecule has 132 valence electrons. The lowest BCUT2D eigenvalue weighted by molar-refractivity contribution is 0.0726. The Kier molecular flexibility index (Phi) is 5.34. The highest BCUT2D eigenvalue weighted by atomic mass is 16.5. The second-order valence-corrected chi connectivity index (χ2v) is 6.30. The van der Waals surface area contributed by atoms with Gasteiger partial charge in [0.15, 0.2) is 0 Å². The lowest BCUT2D eigenvalue weighted by Crippen LogP contribution is -2.54. The number of rotatable bonds is 3. The maximum absolute atomic E-state index is 12.7. The van der Waals surface area contributed by atoms with Gasteiger partial charge in [-0.25, -0.2) is 4.79 Å². The van der Waals surface area contributed by atoms with Crippen LogP contribution in [0.5, 0.6) is 11.8 Å². The average Bonchev–Trinajstić information content (AvgIpc) is 2.62. The predicted molar refractivity (Wildman–Crippen MR) is 88.3 cm³/mol. The first kappa shape index (κ1) is 16.8. The van der Waals surface area contributed by atoms with Crippen LogP contribution in [-0.2, 0) is 0 Å². The molecule has 0 unspecified atom stereocenters. The van der Waals surface area contributed by atoms with Crippen molar-refractivity contribution in [3.63, 3.8) is 0 Å². The molecule has 8 nitrogen and oxygen atoms in total. The van der Waals surface area contributed by atoms with Crippen LogP contribution in [0.25, 0.3) is 0 Å². The van der Waals surface area contributed by atoms with Crippen molar-refractivity contribution >= 4 is 6.03 Å². The molecule has 2 aliphatic rings. The third kappa shape index (κ3) is 4.05. The van der Waals surface area contributed by atoms with Crippen LogP contribution in [0.1, 0.15) is 12.8 Å². The molecule has 8 heteroatoms. The van der Waals surface area contributed by atoms with E-state index in [4.69, 9.17) is 9.47 Å². The van der Waals surface area contributed by atoms with Crippen LogP contribution in [0.15, 0.2) is 12.4 Å². The van der Waals surface area contributed by atoms with Gasteiger partial charge in [0.05, 0.1) is 26.0 Å². The van der Waals surface area contributed by atoms with E-state index >= 15 is 0 Å². The summed E-state index contributed by atoms with van der Waals surface area (Å²) in [6.07, 6.45) is 4.89. The van der Waals surface area contributed by atoms with Gasteiger partial charge in [-0.3, -0.25) is 4.98 Å². The molecule has 2 saturated heterocycles. The zero-order valence-corrected chi connectivity index (χ0v) is 14.3. The predicted octanol–water partition coefficient (Wildman–Crippen LogP) is 0.696. The molecule has 2 fully saturated rings. The highest BCUT2D eigenvalue weighted by Gasteiger charge is 2.29. The van der Waals surface area contributed by atoms with Crippen molar-refractivity contribution in [1.82, 2.24) is 24.7 Å². The standard InChI is InChI=1S/C16H25N5O3/c1-19-6-8-20(9-7-19)16(22)21-5-3-4-13(12-21)24-15-11-17-10-14(18-15)23-2/h10-11,13H,3-9,12H2,1-2H3/t13-/m0/s1. The molecule has 1 aromatic rings. The number of likely N-dealkylation sites (N-methyl/N-ethyl adjacent to an activating group) is 1. The van der Waals surface area contributed by atoms with E-state index in [9.17, 15) is 4.79 Å². The van der Waals surface area contributed by atoms with E-state index in [1.165, 1.54) is 6.20 Å². The van der Waals surface area contributed by atoms with Crippen LogP contribution in [0.2, 0.25) is 0 Å². The first-order valence-electron chi connectivity index (χ1n) is 8.41. The first-order valence-corrected chi connectivity index (χ1v) is 8.41. The summed E-state index contributed by atoms with van der Waals surface area (Å²) < 4.78 is 11.0. The molecule has 3 rings (SSSR count). The third-order valence-corrected chi connectivity index (χ3v) is 4.51. The van der Waals surface area contributed by atoms with Gasteiger partial charge in [-0.1, -0.05) is 0 Å². The number of hydrogen-bond acceptors (Lipinski definition) is 6. The van der Waals surface area contributed by atoms with Gasteiger partial charge in [0.1, 0.15) is 6.10 Å². The number of hydrogen-bond donors (Lipinski definition) is 0. The number of amides is 2. The summed E-state index contributed by atoms with van der Waals surface area (Å²) in [5.41, 5.74) is 0. The van der Waals surface area contributed by atoms with Crippen molar-refractivity contribution < 1.29 is 14.3 Å². The fourth-order valence-corrected chi connectivity index (χ4v) is 3.06. The number of carbonyl (C=O) groups is 1. The second-order valence-electron chi connectivity index (χ2n) is 6.30. The number of piperazine rings is 1. The number of urea groups is 1. The van der Waals surface area contributed by atoms with E-state index < -0.39 is 0 Å². The van der Waals surface area contributed by atoms with Gasteiger partial charge < -0.3 is 24.2 Å². The maximum atomic E-state index is 12.7. The van der Waals surface area contributed by atoms with Crippen LogP contribution in [-0.4, -0.2) is 90.2 Å². The Morgan fingerprint density at radius 1 is 1.12 bits per heavy atom. The maximum Gasteiger partial charge on any atom is 0.320 e. The van der Waals surface area contributed by atoms with Gasteiger partial charge in [-0.05, 0) is 19.9 Å².